The number of azide groups is 1. The molecule has 1 rings (SSSR count). The number of rotatable bonds is 5. The van der Waals surface area contributed by atoms with Gasteiger partial charge in [0.15, 0.2) is 0 Å². The number of likely N-dealkylation sites (N-methyl/N-ethyl adjacent to an activating group) is 1. The van der Waals surface area contributed by atoms with Crippen molar-refractivity contribution in [3.05, 3.63) is 40.5 Å². The van der Waals surface area contributed by atoms with Crippen molar-refractivity contribution >= 4 is 0 Å². The van der Waals surface area contributed by atoms with Crippen LogP contribution in [0.1, 0.15) is 5.56 Å². The largest absolute Gasteiger partial charge is 0.302 e. The Morgan fingerprint density at radius 1 is 1.64 bits per heavy atom. The average Bonchev–Trinajstić information content (AvgIpc) is 2.20. The van der Waals surface area contributed by atoms with E-state index in [0.29, 0.717) is 6.54 Å². The van der Waals surface area contributed by atoms with E-state index in [0.717, 1.165) is 18.7 Å². The van der Waals surface area contributed by atoms with Gasteiger partial charge in [-0.25, -0.2) is 0 Å². The molecule has 5 heteroatoms. The molecule has 1 aromatic rings. The molecule has 0 aromatic carbocycles. The van der Waals surface area contributed by atoms with Crippen molar-refractivity contribution in [1.82, 2.24) is 9.88 Å². The van der Waals surface area contributed by atoms with Crippen molar-refractivity contribution in [3.8, 4) is 0 Å². The molecule has 0 N–H and O–H groups in total. The molecule has 74 valence electrons. The van der Waals surface area contributed by atoms with Crippen LogP contribution in [0, 0.1) is 0 Å². The van der Waals surface area contributed by atoms with Gasteiger partial charge in [0.25, 0.3) is 0 Å². The van der Waals surface area contributed by atoms with Gasteiger partial charge in [0, 0.05) is 36.9 Å². The minimum absolute atomic E-state index is 0.507. The van der Waals surface area contributed by atoms with Crippen LogP contribution in [-0.2, 0) is 6.54 Å². The second kappa shape index (κ2) is 5.96. The second-order valence-electron chi connectivity index (χ2n) is 3.05. The quantitative estimate of drug-likeness (QED) is 0.405. The maximum Gasteiger partial charge on any atom is 0.0385 e. The number of hydrogen-bond acceptors (Lipinski definition) is 3. The molecule has 0 spiro atoms. The summed E-state index contributed by atoms with van der Waals surface area (Å²) >= 11 is 0. The van der Waals surface area contributed by atoms with Crippen LogP contribution in [0.2, 0.25) is 0 Å². The lowest BCUT2D eigenvalue weighted by molar-refractivity contribution is 0.336. The molecule has 14 heavy (non-hydrogen) atoms. The lowest BCUT2D eigenvalue weighted by Gasteiger charge is -2.14. The van der Waals surface area contributed by atoms with Gasteiger partial charge in [-0.3, -0.25) is 4.98 Å². The fourth-order valence-corrected chi connectivity index (χ4v) is 1.14. The van der Waals surface area contributed by atoms with Crippen LogP contribution in [0.5, 0.6) is 0 Å². The molecule has 0 aliphatic heterocycles. The summed E-state index contributed by atoms with van der Waals surface area (Å²) in [4.78, 5) is 8.82. The van der Waals surface area contributed by atoms with E-state index in [1.165, 1.54) is 0 Å². The molecule has 0 saturated heterocycles. The highest BCUT2D eigenvalue weighted by atomic mass is 15.2. The van der Waals surface area contributed by atoms with Gasteiger partial charge in [-0.1, -0.05) is 11.2 Å². The standard InChI is InChI=1S/C9H13N5/c1-14(6-5-12-13-10)8-9-3-2-4-11-7-9/h2-4,7H,5-6,8H2,1H3. The Morgan fingerprint density at radius 3 is 3.14 bits per heavy atom. The van der Waals surface area contributed by atoms with Crippen molar-refractivity contribution in [1.29, 1.82) is 0 Å². The van der Waals surface area contributed by atoms with Crippen molar-refractivity contribution < 1.29 is 0 Å². The van der Waals surface area contributed by atoms with Gasteiger partial charge in [0.1, 0.15) is 0 Å². The molecule has 0 bridgehead atoms. The van der Waals surface area contributed by atoms with E-state index in [9.17, 15) is 0 Å². The summed E-state index contributed by atoms with van der Waals surface area (Å²) in [5, 5.41) is 3.48. The lowest BCUT2D eigenvalue weighted by Crippen LogP contribution is -2.20. The second-order valence-corrected chi connectivity index (χ2v) is 3.05. The van der Waals surface area contributed by atoms with Gasteiger partial charge in [-0.2, -0.15) is 0 Å². The topological polar surface area (TPSA) is 64.9 Å². The van der Waals surface area contributed by atoms with E-state index >= 15 is 0 Å². The third kappa shape index (κ3) is 3.89. The Hall–Kier alpha value is -1.58. The zero-order valence-corrected chi connectivity index (χ0v) is 8.17. The Balaban J connectivity index is 2.33. The molecule has 1 aromatic heterocycles. The molecule has 0 atom stereocenters. The average molecular weight is 191 g/mol. The molecular weight excluding hydrogens is 178 g/mol. The lowest BCUT2D eigenvalue weighted by atomic mass is 10.3. The fourth-order valence-electron chi connectivity index (χ4n) is 1.14. The smallest absolute Gasteiger partial charge is 0.0385 e. The number of pyridine rings is 1. The van der Waals surface area contributed by atoms with E-state index in [4.69, 9.17) is 5.53 Å². The maximum atomic E-state index is 8.10. The Labute approximate surface area is 83.0 Å². The predicted molar refractivity (Wildman–Crippen MR) is 54.6 cm³/mol. The Kier molecular flexibility index (Phi) is 4.47. The van der Waals surface area contributed by atoms with Gasteiger partial charge < -0.3 is 4.90 Å². The first-order chi connectivity index (χ1) is 6.83. The van der Waals surface area contributed by atoms with E-state index in [2.05, 4.69) is 19.9 Å². The highest BCUT2D eigenvalue weighted by Crippen LogP contribution is 1.99. The molecular formula is C9H13N5. The van der Waals surface area contributed by atoms with Gasteiger partial charge in [0.05, 0.1) is 0 Å². The molecule has 0 amide bonds. The first-order valence-electron chi connectivity index (χ1n) is 4.41. The molecule has 0 aliphatic rings. The van der Waals surface area contributed by atoms with Crippen LogP contribution in [0.3, 0.4) is 0 Å². The van der Waals surface area contributed by atoms with Crippen molar-refractivity contribution in [2.75, 3.05) is 20.1 Å². The van der Waals surface area contributed by atoms with Gasteiger partial charge in [-0.05, 0) is 24.2 Å². The van der Waals surface area contributed by atoms with E-state index in [1.54, 1.807) is 6.20 Å². The summed E-state index contributed by atoms with van der Waals surface area (Å²) in [6, 6.07) is 3.94. The van der Waals surface area contributed by atoms with Crippen LogP contribution in [0.15, 0.2) is 29.6 Å². The van der Waals surface area contributed by atoms with E-state index in [-0.39, 0.29) is 0 Å². The fraction of sp³-hybridized carbons (Fsp3) is 0.444. The van der Waals surface area contributed by atoms with Crippen molar-refractivity contribution in [2.45, 2.75) is 6.54 Å². The highest BCUT2D eigenvalue weighted by molar-refractivity contribution is 5.07. The number of aromatic nitrogens is 1. The monoisotopic (exact) mass is 191 g/mol. The molecule has 0 radical (unpaired) electrons. The van der Waals surface area contributed by atoms with Crippen LogP contribution in [0.25, 0.3) is 10.4 Å². The van der Waals surface area contributed by atoms with Crippen molar-refractivity contribution in [2.24, 2.45) is 5.11 Å². The summed E-state index contributed by atoms with van der Waals surface area (Å²) in [7, 11) is 1.99. The molecule has 1 heterocycles. The van der Waals surface area contributed by atoms with E-state index in [1.807, 2.05) is 25.4 Å². The predicted octanol–water partition coefficient (Wildman–Crippen LogP) is 1.82. The Bertz CT molecular complexity index is 304. The third-order valence-electron chi connectivity index (χ3n) is 1.82. The number of nitrogens with zero attached hydrogens (tertiary/aromatic N) is 5. The Morgan fingerprint density at radius 2 is 2.50 bits per heavy atom. The normalized spacial score (nSPS) is 9.86. The summed E-state index contributed by atoms with van der Waals surface area (Å²) in [5.74, 6) is 0. The third-order valence-corrected chi connectivity index (χ3v) is 1.82. The van der Waals surface area contributed by atoms with Crippen LogP contribution in [-0.4, -0.2) is 30.0 Å². The van der Waals surface area contributed by atoms with Crippen LogP contribution < -0.4 is 0 Å². The zero-order valence-electron chi connectivity index (χ0n) is 8.17. The summed E-state index contributed by atoms with van der Waals surface area (Å²) < 4.78 is 0. The first kappa shape index (κ1) is 10.5. The minimum Gasteiger partial charge on any atom is -0.302 e. The minimum atomic E-state index is 0.507. The van der Waals surface area contributed by atoms with Gasteiger partial charge in [-0.15, -0.1) is 0 Å². The SMILES string of the molecule is CN(CCN=[N+]=[N-])Cc1cccnc1. The van der Waals surface area contributed by atoms with Gasteiger partial charge in [0.2, 0.25) is 0 Å². The first-order valence-corrected chi connectivity index (χ1v) is 4.41. The molecule has 0 saturated carbocycles. The van der Waals surface area contributed by atoms with Crippen molar-refractivity contribution in [3.63, 3.8) is 0 Å². The van der Waals surface area contributed by atoms with Crippen LogP contribution >= 0.6 is 0 Å². The zero-order chi connectivity index (χ0) is 10.2. The molecule has 0 aliphatic carbocycles. The van der Waals surface area contributed by atoms with Crippen LogP contribution in [0.4, 0.5) is 0 Å². The van der Waals surface area contributed by atoms with Gasteiger partial charge >= 0.3 is 0 Å². The summed E-state index contributed by atoms with van der Waals surface area (Å²) in [5.41, 5.74) is 9.26. The van der Waals surface area contributed by atoms with E-state index < -0.39 is 0 Å². The molecule has 5 nitrogen and oxygen atoms in total. The molecule has 0 fully saturated rings. The maximum absolute atomic E-state index is 8.10. The highest BCUT2D eigenvalue weighted by Gasteiger charge is 1.98. The summed E-state index contributed by atoms with van der Waals surface area (Å²) in [6.45, 7) is 2.10. The summed E-state index contributed by atoms with van der Waals surface area (Å²) in [6.07, 6.45) is 3.59. The molecule has 0 unspecified atom stereocenters. The number of hydrogen-bond donors (Lipinski definition) is 0.